The van der Waals surface area contributed by atoms with E-state index in [-0.39, 0.29) is 0 Å². The van der Waals surface area contributed by atoms with Crippen LogP contribution >= 0.6 is 0 Å². The topological polar surface area (TPSA) is 85.0 Å². The molecule has 8 unspecified atom stereocenters. The molecule has 0 amide bonds. The first-order chi connectivity index (χ1) is 31.5. The second-order valence-electron chi connectivity index (χ2n) is 18.6. The van der Waals surface area contributed by atoms with Crippen molar-refractivity contribution in [2.24, 2.45) is 0 Å². The molecule has 8 atom stereocenters. The Morgan fingerprint density at radius 1 is 0.312 bits per heavy atom. The molecule has 5 fully saturated rings. The first-order valence-corrected chi connectivity index (χ1v) is 23.9. The van der Waals surface area contributed by atoms with E-state index in [2.05, 4.69) is 145 Å². The van der Waals surface area contributed by atoms with Crippen LogP contribution in [0.5, 0.6) is 23.0 Å². The van der Waals surface area contributed by atoms with Crippen molar-refractivity contribution in [2.45, 2.75) is 123 Å². The molecule has 4 N–H and O–H groups in total. The lowest BCUT2D eigenvalue weighted by atomic mass is 9.82. The molecule has 9 rings (SSSR count). The summed E-state index contributed by atoms with van der Waals surface area (Å²) in [6.45, 7) is 17.4. The number of benzene rings is 4. The zero-order chi connectivity index (χ0) is 43.8. The fraction of sp³-hybridized carbons (Fsp3) is 0.429. The lowest BCUT2D eigenvalue weighted by molar-refractivity contribution is 0.304. The third-order valence-corrected chi connectivity index (χ3v) is 14.9. The number of hydrogen-bond donors (Lipinski definition) is 4. The lowest BCUT2D eigenvalue weighted by Crippen LogP contribution is -2.51. The van der Waals surface area contributed by atoms with Gasteiger partial charge >= 0.3 is 0 Å². The molecule has 64 heavy (non-hydrogen) atoms. The third-order valence-electron chi connectivity index (χ3n) is 14.9. The Balaban J connectivity index is 1.10. The maximum atomic E-state index is 5.98. The molecule has 4 aromatic carbocycles. The molecule has 336 valence electrons. The quantitative estimate of drug-likeness (QED) is 0.0830. The van der Waals surface area contributed by atoms with Crippen LogP contribution in [0, 0.1) is 0 Å². The van der Waals surface area contributed by atoms with Crippen molar-refractivity contribution >= 4 is 0 Å². The Morgan fingerprint density at radius 2 is 0.484 bits per heavy atom. The van der Waals surface area contributed by atoms with E-state index in [0.717, 1.165) is 74.4 Å². The van der Waals surface area contributed by atoms with Gasteiger partial charge in [-0.25, -0.2) is 0 Å². The predicted molar refractivity (Wildman–Crippen MR) is 259 cm³/mol. The van der Waals surface area contributed by atoms with E-state index in [1.54, 1.807) is 24.3 Å². The van der Waals surface area contributed by atoms with E-state index >= 15 is 0 Å². The zero-order valence-electron chi connectivity index (χ0n) is 37.4. The average molecular weight is 861 g/mol. The van der Waals surface area contributed by atoms with Gasteiger partial charge in [0, 0.05) is 72.0 Å². The summed E-state index contributed by atoms with van der Waals surface area (Å²) in [4.78, 5) is 0. The van der Waals surface area contributed by atoms with Gasteiger partial charge in [-0.2, -0.15) is 0 Å². The molecule has 8 bridgehead atoms. The largest absolute Gasteiger partial charge is 0.490 e. The molecule has 0 saturated carbocycles. The van der Waals surface area contributed by atoms with Crippen molar-refractivity contribution in [3.63, 3.8) is 0 Å². The highest BCUT2D eigenvalue weighted by Crippen LogP contribution is 2.46. The van der Waals surface area contributed by atoms with Crippen LogP contribution in [0.15, 0.2) is 148 Å². The summed E-state index contributed by atoms with van der Waals surface area (Å²) in [6.07, 6.45) is 16.1. The number of hydrogen-bond acceptors (Lipinski definition) is 8. The van der Waals surface area contributed by atoms with Crippen LogP contribution in [-0.4, -0.2) is 74.8 Å². The summed E-state index contributed by atoms with van der Waals surface area (Å²) in [7, 11) is 0. The van der Waals surface area contributed by atoms with Gasteiger partial charge in [0.15, 0.2) is 0 Å². The van der Waals surface area contributed by atoms with Gasteiger partial charge in [0.05, 0.1) is 0 Å². The predicted octanol–water partition coefficient (Wildman–Crippen LogP) is 9.88. The van der Waals surface area contributed by atoms with Crippen molar-refractivity contribution in [1.82, 2.24) is 21.3 Å². The van der Waals surface area contributed by atoms with Gasteiger partial charge in [-0.3, -0.25) is 0 Å². The molecule has 8 heteroatoms. The molecule has 5 aliphatic heterocycles. The molecule has 4 aromatic rings. The second-order valence-corrected chi connectivity index (χ2v) is 18.6. The van der Waals surface area contributed by atoms with Gasteiger partial charge in [0.1, 0.15) is 49.4 Å². The Hall–Kier alpha value is -5.12. The smallest absolute Gasteiger partial charge is 0.119 e. The van der Waals surface area contributed by atoms with Crippen molar-refractivity contribution in [2.75, 3.05) is 26.4 Å². The highest BCUT2D eigenvalue weighted by molar-refractivity contribution is 5.38. The zero-order valence-corrected chi connectivity index (χ0v) is 37.4. The average Bonchev–Trinajstić information content (AvgIpc) is 4.19. The van der Waals surface area contributed by atoms with E-state index in [4.69, 9.17) is 18.9 Å². The normalized spacial score (nSPS) is 30.9. The lowest BCUT2D eigenvalue weighted by Gasteiger charge is -2.37. The summed E-state index contributed by atoms with van der Waals surface area (Å²) in [5, 5.41) is 17.5. The highest BCUT2D eigenvalue weighted by Gasteiger charge is 2.49. The van der Waals surface area contributed by atoms with Gasteiger partial charge in [-0.15, -0.1) is 0 Å². The van der Waals surface area contributed by atoms with Crippen LogP contribution in [0.2, 0.25) is 0 Å². The maximum Gasteiger partial charge on any atom is 0.119 e. The van der Waals surface area contributed by atoms with Gasteiger partial charge in [0.2, 0.25) is 0 Å². The fourth-order valence-electron chi connectivity index (χ4n) is 12.2. The van der Waals surface area contributed by atoms with Crippen molar-refractivity contribution in [1.29, 1.82) is 0 Å². The highest BCUT2D eigenvalue weighted by atomic mass is 16.5. The minimum atomic E-state index is 0.290. The molecule has 5 heterocycles. The minimum Gasteiger partial charge on any atom is -0.490 e. The van der Waals surface area contributed by atoms with Gasteiger partial charge < -0.3 is 40.2 Å². The van der Waals surface area contributed by atoms with E-state index in [9.17, 15) is 0 Å². The first kappa shape index (κ1) is 44.1. The second kappa shape index (κ2) is 20.8. The van der Waals surface area contributed by atoms with Crippen molar-refractivity contribution in [3.8, 4) is 23.0 Å². The van der Waals surface area contributed by atoms with E-state index in [1.165, 1.54) is 22.3 Å². The molecule has 0 aliphatic carbocycles. The van der Waals surface area contributed by atoms with Gasteiger partial charge in [-0.05, 0) is 122 Å². The SMILES string of the molecule is C=CCOc1ccc(C2C3CCC(N3)C(c3ccc(OCC=C)cc3)C3CCC(N3)C(c3ccc(OCC=C)cc3)C3CCC(N3)C(c3ccc(OCC=C)cc3)C3CCC2N3)cc1. The van der Waals surface area contributed by atoms with E-state index < -0.39 is 0 Å². The Kier molecular flexibility index (Phi) is 14.3. The van der Waals surface area contributed by atoms with Crippen LogP contribution < -0.4 is 40.2 Å². The summed E-state index contributed by atoms with van der Waals surface area (Å²) < 4.78 is 23.9. The number of nitrogens with one attached hydrogen (secondary N) is 4. The van der Waals surface area contributed by atoms with Crippen LogP contribution in [0.4, 0.5) is 0 Å². The van der Waals surface area contributed by atoms with Crippen LogP contribution in [0.3, 0.4) is 0 Å². The molecule has 8 nitrogen and oxygen atoms in total. The first-order valence-electron chi connectivity index (χ1n) is 23.9. The third kappa shape index (κ3) is 9.76. The van der Waals surface area contributed by atoms with Crippen molar-refractivity contribution in [3.05, 3.63) is 170 Å². The van der Waals surface area contributed by atoms with E-state index in [0.29, 0.717) is 98.4 Å². The Labute approximate surface area is 381 Å². The van der Waals surface area contributed by atoms with E-state index in [1.807, 2.05) is 0 Å². The molecule has 5 saturated heterocycles. The molecule has 0 spiro atoms. The Morgan fingerprint density at radius 3 is 0.641 bits per heavy atom. The molecular weight excluding hydrogens is 793 g/mol. The summed E-state index contributed by atoms with van der Waals surface area (Å²) in [5.74, 6) is 4.68. The summed E-state index contributed by atoms with van der Waals surface area (Å²) >= 11 is 0. The van der Waals surface area contributed by atoms with Crippen molar-refractivity contribution < 1.29 is 18.9 Å². The Bertz CT molecular complexity index is 1810. The number of ether oxygens (including phenoxy) is 4. The monoisotopic (exact) mass is 861 g/mol. The van der Waals surface area contributed by atoms with Crippen LogP contribution in [-0.2, 0) is 0 Å². The molecule has 0 radical (unpaired) electrons. The molecular formula is C56H68N4O4. The molecule has 0 aromatic heterocycles. The standard InChI is InChI=1S/C56H68N4O4/c1-5-33-61-41-17-9-37(10-18-41)53-45-25-27-47(57-45)54(38-11-19-42(20-12-38)62-34-6-2)49-29-31-51(59-49)56(40-15-23-44(24-16-40)64-36-8-4)52-32-30-50(60-52)55(48-28-26-46(53)58-48)39-13-21-43(22-14-39)63-35-7-3/h5-24,45-60H,1-4,25-36H2. The van der Waals surface area contributed by atoms with Gasteiger partial charge in [0.25, 0.3) is 0 Å². The van der Waals surface area contributed by atoms with Gasteiger partial charge in [-0.1, -0.05) is 99.2 Å². The molecule has 5 aliphatic rings. The maximum absolute atomic E-state index is 5.98. The summed E-state index contributed by atoms with van der Waals surface area (Å²) in [5.41, 5.74) is 5.47. The fourth-order valence-corrected chi connectivity index (χ4v) is 12.2. The minimum absolute atomic E-state index is 0.290. The summed E-state index contributed by atoms with van der Waals surface area (Å²) in [6, 6.07) is 38.2. The van der Waals surface area contributed by atoms with Crippen LogP contribution in [0.1, 0.15) is 97.3 Å². The number of rotatable bonds is 16. The number of fused-ring (bicyclic) bond motifs is 8. The van der Waals surface area contributed by atoms with Crippen LogP contribution in [0.25, 0.3) is 0 Å².